The highest BCUT2D eigenvalue weighted by molar-refractivity contribution is 6.12. The van der Waals surface area contributed by atoms with Crippen LogP contribution in [0.4, 0.5) is 0 Å². The molecule has 3 atom stereocenters. The maximum atomic E-state index is 13.8. The number of hydrogen-bond donors (Lipinski definition) is 1. The fourth-order valence-electron chi connectivity index (χ4n) is 4.73. The average Bonchev–Trinajstić information content (AvgIpc) is 2.83. The SMILES string of the molecule is CCCCOc1ccccc1[C@H]1C(C(=O)OCCOC)=C(C)NC2=C1C(=O)[C@@H](C(=O)OC)[C@H](C)C2. The summed E-state index contributed by atoms with van der Waals surface area (Å²) in [6, 6.07) is 7.40. The van der Waals surface area contributed by atoms with E-state index in [1.807, 2.05) is 31.2 Å². The number of benzene rings is 1. The monoisotopic (exact) mass is 485 g/mol. The summed E-state index contributed by atoms with van der Waals surface area (Å²) in [5.41, 5.74) is 2.70. The first-order valence-electron chi connectivity index (χ1n) is 12.1. The number of ether oxygens (including phenoxy) is 4. The van der Waals surface area contributed by atoms with Crippen molar-refractivity contribution in [1.82, 2.24) is 5.32 Å². The topological polar surface area (TPSA) is 100 Å². The van der Waals surface area contributed by atoms with Crippen LogP contribution in [0.15, 0.2) is 46.8 Å². The molecule has 1 aromatic carbocycles. The third-order valence-corrected chi connectivity index (χ3v) is 6.47. The van der Waals surface area contributed by atoms with Gasteiger partial charge in [-0.05, 0) is 31.7 Å². The van der Waals surface area contributed by atoms with Crippen molar-refractivity contribution >= 4 is 17.7 Å². The zero-order chi connectivity index (χ0) is 25.5. The second-order valence-corrected chi connectivity index (χ2v) is 8.90. The molecule has 0 radical (unpaired) electrons. The molecule has 1 aromatic rings. The Morgan fingerprint density at radius 3 is 2.54 bits per heavy atom. The minimum absolute atomic E-state index is 0.0785. The third-order valence-electron chi connectivity index (χ3n) is 6.47. The highest BCUT2D eigenvalue weighted by Gasteiger charge is 2.47. The highest BCUT2D eigenvalue weighted by Crippen LogP contribution is 2.47. The van der Waals surface area contributed by atoms with Crippen LogP contribution in [0.25, 0.3) is 0 Å². The predicted octanol–water partition coefficient (Wildman–Crippen LogP) is 3.67. The average molecular weight is 486 g/mol. The van der Waals surface area contributed by atoms with E-state index in [1.165, 1.54) is 14.2 Å². The summed E-state index contributed by atoms with van der Waals surface area (Å²) in [4.78, 5) is 39.7. The Labute approximate surface area is 206 Å². The normalized spacial score (nSPS) is 21.9. The van der Waals surface area contributed by atoms with E-state index < -0.39 is 23.8 Å². The van der Waals surface area contributed by atoms with E-state index in [0.717, 1.165) is 12.8 Å². The molecule has 0 saturated heterocycles. The van der Waals surface area contributed by atoms with Gasteiger partial charge in [-0.1, -0.05) is 38.5 Å². The molecule has 1 heterocycles. The van der Waals surface area contributed by atoms with Gasteiger partial charge in [0.15, 0.2) is 5.78 Å². The molecule has 1 N–H and O–H groups in total. The van der Waals surface area contributed by atoms with Crippen molar-refractivity contribution in [2.45, 2.75) is 46.0 Å². The van der Waals surface area contributed by atoms with Crippen molar-refractivity contribution < 1.29 is 33.3 Å². The van der Waals surface area contributed by atoms with E-state index in [0.29, 0.717) is 46.9 Å². The lowest BCUT2D eigenvalue weighted by Gasteiger charge is -2.38. The summed E-state index contributed by atoms with van der Waals surface area (Å²) in [5, 5.41) is 3.26. The number of methoxy groups -OCH3 is 2. The fourth-order valence-corrected chi connectivity index (χ4v) is 4.73. The first kappa shape index (κ1) is 26.5. The lowest BCUT2D eigenvalue weighted by molar-refractivity contribution is -0.151. The lowest BCUT2D eigenvalue weighted by atomic mass is 9.69. The van der Waals surface area contributed by atoms with Gasteiger partial charge in [-0.25, -0.2) is 4.79 Å². The Bertz CT molecular complexity index is 1030. The Morgan fingerprint density at radius 2 is 1.86 bits per heavy atom. The Balaban J connectivity index is 2.14. The molecule has 190 valence electrons. The molecule has 2 aliphatic rings. The van der Waals surface area contributed by atoms with Crippen molar-refractivity contribution in [3.05, 3.63) is 52.4 Å². The first-order valence-corrected chi connectivity index (χ1v) is 12.1. The maximum absolute atomic E-state index is 13.8. The van der Waals surface area contributed by atoms with Crippen molar-refractivity contribution in [1.29, 1.82) is 0 Å². The number of carbonyl (C=O) groups excluding carboxylic acids is 3. The number of esters is 2. The summed E-state index contributed by atoms with van der Waals surface area (Å²) in [6.45, 7) is 6.57. The number of unbranched alkanes of at least 4 members (excludes halogenated alkanes) is 1. The van der Waals surface area contributed by atoms with Gasteiger partial charge in [0.05, 0.1) is 31.8 Å². The van der Waals surface area contributed by atoms with Gasteiger partial charge in [-0.2, -0.15) is 0 Å². The number of Topliss-reactive ketones (excluding diaryl/α,β-unsaturated/α-hetero) is 1. The van der Waals surface area contributed by atoms with Gasteiger partial charge in [0, 0.05) is 29.6 Å². The van der Waals surface area contributed by atoms with Crippen LogP contribution in [0.1, 0.15) is 51.5 Å². The highest BCUT2D eigenvalue weighted by atomic mass is 16.6. The molecule has 8 nitrogen and oxygen atoms in total. The molecule has 3 rings (SSSR count). The minimum Gasteiger partial charge on any atom is -0.493 e. The predicted molar refractivity (Wildman–Crippen MR) is 130 cm³/mol. The first-order chi connectivity index (χ1) is 16.8. The summed E-state index contributed by atoms with van der Waals surface area (Å²) >= 11 is 0. The van der Waals surface area contributed by atoms with Gasteiger partial charge in [-0.15, -0.1) is 0 Å². The van der Waals surface area contributed by atoms with Gasteiger partial charge >= 0.3 is 11.9 Å². The van der Waals surface area contributed by atoms with Gasteiger partial charge in [-0.3, -0.25) is 9.59 Å². The standard InChI is InChI=1S/C27H35NO7/c1-6-7-12-34-20-11-9-8-10-18(20)23-22(27(31)35-14-13-32-4)17(3)28-19-15-16(2)21(26(30)33-5)25(29)24(19)23/h8-11,16,21,23,28H,6-7,12-15H2,1-5H3/t16-,21+,23+/m1/s1. The molecule has 35 heavy (non-hydrogen) atoms. The Hall–Kier alpha value is -3.13. The number of hydrogen-bond acceptors (Lipinski definition) is 8. The number of para-hydroxylation sites is 1. The molecule has 0 bridgehead atoms. The Morgan fingerprint density at radius 1 is 1.11 bits per heavy atom. The molecule has 0 saturated carbocycles. The van der Waals surface area contributed by atoms with Crippen LogP contribution in [0, 0.1) is 11.8 Å². The van der Waals surface area contributed by atoms with Gasteiger partial charge in [0.25, 0.3) is 0 Å². The summed E-state index contributed by atoms with van der Waals surface area (Å²) in [6.07, 6.45) is 2.31. The summed E-state index contributed by atoms with van der Waals surface area (Å²) < 4.78 is 21.5. The van der Waals surface area contributed by atoms with Crippen LogP contribution in [0.3, 0.4) is 0 Å². The van der Waals surface area contributed by atoms with E-state index in [-0.39, 0.29) is 24.9 Å². The molecule has 0 spiro atoms. The van der Waals surface area contributed by atoms with E-state index in [2.05, 4.69) is 12.2 Å². The fraction of sp³-hybridized carbons (Fsp3) is 0.519. The van der Waals surface area contributed by atoms with Crippen molar-refractivity contribution in [2.75, 3.05) is 34.0 Å². The van der Waals surface area contributed by atoms with Crippen molar-refractivity contribution in [3.63, 3.8) is 0 Å². The third kappa shape index (κ3) is 5.59. The van der Waals surface area contributed by atoms with Crippen molar-refractivity contribution in [3.8, 4) is 5.75 Å². The number of ketones is 1. The van der Waals surface area contributed by atoms with Crippen LogP contribution in [0.5, 0.6) is 5.75 Å². The van der Waals surface area contributed by atoms with Crippen LogP contribution in [-0.4, -0.2) is 51.8 Å². The van der Waals surface area contributed by atoms with E-state index >= 15 is 0 Å². The van der Waals surface area contributed by atoms with Gasteiger partial charge in [0.2, 0.25) is 0 Å². The number of rotatable bonds is 10. The molecule has 8 heteroatoms. The molecule has 0 amide bonds. The smallest absolute Gasteiger partial charge is 0.336 e. The molecule has 0 fully saturated rings. The minimum atomic E-state index is -0.944. The second kappa shape index (κ2) is 12.0. The zero-order valence-electron chi connectivity index (χ0n) is 21.1. The molecule has 1 aliphatic heterocycles. The van der Waals surface area contributed by atoms with Crippen molar-refractivity contribution in [2.24, 2.45) is 11.8 Å². The van der Waals surface area contributed by atoms with E-state index in [4.69, 9.17) is 18.9 Å². The Kier molecular flexibility index (Phi) is 9.09. The van der Waals surface area contributed by atoms with Crippen LogP contribution in [0.2, 0.25) is 0 Å². The van der Waals surface area contributed by atoms with Crippen LogP contribution >= 0.6 is 0 Å². The van der Waals surface area contributed by atoms with Gasteiger partial charge in [0.1, 0.15) is 18.3 Å². The van der Waals surface area contributed by atoms with Crippen LogP contribution in [-0.2, 0) is 28.6 Å². The molecular weight excluding hydrogens is 450 g/mol. The second-order valence-electron chi connectivity index (χ2n) is 8.90. The summed E-state index contributed by atoms with van der Waals surface area (Å²) in [7, 11) is 2.81. The van der Waals surface area contributed by atoms with Crippen LogP contribution < -0.4 is 10.1 Å². The number of nitrogens with one attached hydrogen (secondary N) is 1. The molecule has 1 aliphatic carbocycles. The lowest BCUT2D eigenvalue weighted by Crippen LogP contribution is -2.43. The summed E-state index contributed by atoms with van der Waals surface area (Å²) in [5.74, 6) is -2.81. The zero-order valence-corrected chi connectivity index (χ0v) is 21.1. The number of dihydropyridines is 1. The van der Waals surface area contributed by atoms with Gasteiger partial charge < -0.3 is 24.3 Å². The van der Waals surface area contributed by atoms with E-state index in [1.54, 1.807) is 6.92 Å². The maximum Gasteiger partial charge on any atom is 0.336 e. The largest absolute Gasteiger partial charge is 0.493 e. The number of carbonyl (C=O) groups is 3. The van der Waals surface area contributed by atoms with E-state index in [9.17, 15) is 14.4 Å². The molecule has 0 unspecified atom stereocenters. The molecular formula is C27H35NO7. The quantitative estimate of drug-likeness (QED) is 0.304. The number of allylic oxidation sites excluding steroid dienone is 3. The molecule has 0 aromatic heterocycles.